The molecule has 0 aliphatic carbocycles. The van der Waals surface area contributed by atoms with Gasteiger partial charge in [-0.25, -0.2) is 9.50 Å². The van der Waals surface area contributed by atoms with Crippen molar-refractivity contribution in [2.24, 2.45) is 0 Å². The molecule has 17 heavy (non-hydrogen) atoms. The number of fused-ring (bicyclic) bond motifs is 1. The molecule has 0 spiro atoms. The van der Waals surface area contributed by atoms with Gasteiger partial charge in [-0.3, -0.25) is 4.79 Å². The maximum Gasteiger partial charge on any atom is 0.276 e. The van der Waals surface area contributed by atoms with Crippen LogP contribution in [0.4, 0.5) is 0 Å². The smallest absolute Gasteiger partial charge is 0.276 e. The quantitative estimate of drug-likeness (QED) is 0.709. The third-order valence-corrected chi connectivity index (χ3v) is 3.49. The molecule has 0 radical (unpaired) electrons. The highest BCUT2D eigenvalue weighted by Crippen LogP contribution is 2.18. The molecule has 86 valence electrons. The second-order valence-electron chi connectivity index (χ2n) is 3.47. The van der Waals surface area contributed by atoms with Crippen molar-refractivity contribution in [1.82, 2.24) is 19.2 Å². The Hall–Kier alpha value is -1.66. The summed E-state index contributed by atoms with van der Waals surface area (Å²) in [5.74, 6) is 0. The van der Waals surface area contributed by atoms with Crippen LogP contribution in [0, 0.1) is 0 Å². The molecule has 0 aliphatic rings. The highest BCUT2D eigenvalue weighted by Gasteiger charge is 2.05. The summed E-state index contributed by atoms with van der Waals surface area (Å²) in [6.45, 7) is 0.477. The van der Waals surface area contributed by atoms with Crippen LogP contribution in [0.1, 0.15) is 4.88 Å². The van der Waals surface area contributed by atoms with Gasteiger partial charge in [-0.15, -0.1) is 11.3 Å². The van der Waals surface area contributed by atoms with Crippen LogP contribution < -0.4 is 5.56 Å². The lowest BCUT2D eigenvalue weighted by molar-refractivity contribution is 0.750. The number of rotatable bonds is 2. The lowest BCUT2D eigenvalue weighted by Gasteiger charge is -2.03. The van der Waals surface area contributed by atoms with Gasteiger partial charge in [0.2, 0.25) is 0 Å². The van der Waals surface area contributed by atoms with E-state index in [4.69, 9.17) is 11.6 Å². The number of hydrogen-bond acceptors (Lipinski definition) is 4. The number of halogens is 1. The van der Waals surface area contributed by atoms with Gasteiger partial charge in [0.1, 0.15) is 5.52 Å². The van der Waals surface area contributed by atoms with Crippen LogP contribution in [0.2, 0.25) is 4.47 Å². The van der Waals surface area contributed by atoms with E-state index in [9.17, 15) is 4.79 Å². The van der Waals surface area contributed by atoms with Gasteiger partial charge in [-0.2, -0.15) is 5.10 Å². The Morgan fingerprint density at radius 2 is 2.29 bits per heavy atom. The summed E-state index contributed by atoms with van der Waals surface area (Å²) >= 11 is 7.12. The van der Waals surface area contributed by atoms with Gasteiger partial charge in [0.25, 0.3) is 5.56 Å². The normalized spacial score (nSPS) is 11.1. The standard InChI is InChI=1S/C10H7ClN4OS/c11-10-12-5-7(17-10)6-14-3-4-15-8(9(14)16)1-2-13-15/h1-5H,6H2. The minimum absolute atomic E-state index is 0.0745. The molecule has 0 amide bonds. The second-order valence-corrected chi connectivity index (χ2v) is 5.17. The van der Waals surface area contributed by atoms with Gasteiger partial charge in [0, 0.05) is 23.5 Å². The third kappa shape index (κ3) is 1.85. The van der Waals surface area contributed by atoms with Crippen molar-refractivity contribution in [2.45, 2.75) is 6.54 Å². The first-order valence-corrected chi connectivity index (χ1v) is 6.06. The molecule has 0 saturated heterocycles. The average Bonchev–Trinajstić information content (AvgIpc) is 2.92. The van der Waals surface area contributed by atoms with Crippen molar-refractivity contribution in [3.05, 3.63) is 50.6 Å². The fourth-order valence-electron chi connectivity index (χ4n) is 1.61. The zero-order valence-electron chi connectivity index (χ0n) is 8.58. The van der Waals surface area contributed by atoms with E-state index in [2.05, 4.69) is 10.1 Å². The largest absolute Gasteiger partial charge is 0.307 e. The molecule has 3 heterocycles. The van der Waals surface area contributed by atoms with Crippen LogP contribution in [0.15, 0.2) is 35.6 Å². The second kappa shape index (κ2) is 3.97. The molecule has 0 aliphatic heterocycles. The first-order chi connectivity index (χ1) is 8.24. The first kappa shape index (κ1) is 10.5. The summed E-state index contributed by atoms with van der Waals surface area (Å²) in [5, 5.41) is 4.00. The Bertz CT molecular complexity index is 729. The molecule has 5 nitrogen and oxygen atoms in total. The average molecular weight is 267 g/mol. The first-order valence-electron chi connectivity index (χ1n) is 4.87. The zero-order valence-corrected chi connectivity index (χ0v) is 10.1. The molecule has 0 atom stereocenters. The van der Waals surface area contributed by atoms with Crippen molar-refractivity contribution in [2.75, 3.05) is 0 Å². The maximum absolute atomic E-state index is 12.1. The van der Waals surface area contributed by atoms with Crippen LogP contribution in [0.3, 0.4) is 0 Å². The molecule has 0 N–H and O–H groups in total. The SMILES string of the molecule is O=c1c2ccnn2ccn1Cc1cnc(Cl)s1. The highest BCUT2D eigenvalue weighted by atomic mass is 35.5. The Morgan fingerprint density at radius 3 is 3.06 bits per heavy atom. The number of thiazole rings is 1. The Morgan fingerprint density at radius 1 is 1.41 bits per heavy atom. The molecular formula is C10H7ClN4OS. The number of hydrogen-bond donors (Lipinski definition) is 0. The molecule has 3 aromatic heterocycles. The maximum atomic E-state index is 12.1. The Labute approximate surface area is 105 Å². The van der Waals surface area contributed by atoms with Crippen molar-refractivity contribution in [3.63, 3.8) is 0 Å². The van der Waals surface area contributed by atoms with E-state index in [1.165, 1.54) is 11.3 Å². The van der Waals surface area contributed by atoms with Crippen LogP contribution >= 0.6 is 22.9 Å². The van der Waals surface area contributed by atoms with Crippen molar-refractivity contribution in [3.8, 4) is 0 Å². The third-order valence-electron chi connectivity index (χ3n) is 2.39. The molecule has 0 bridgehead atoms. The van der Waals surface area contributed by atoms with Gasteiger partial charge in [-0.05, 0) is 6.07 Å². The van der Waals surface area contributed by atoms with E-state index in [0.29, 0.717) is 16.5 Å². The van der Waals surface area contributed by atoms with Gasteiger partial charge < -0.3 is 4.57 Å². The van der Waals surface area contributed by atoms with Crippen LogP contribution in [-0.4, -0.2) is 19.2 Å². The Balaban J connectivity index is 2.06. The van der Waals surface area contributed by atoms with E-state index in [1.54, 1.807) is 39.9 Å². The van der Waals surface area contributed by atoms with Crippen molar-refractivity contribution >= 4 is 28.5 Å². The van der Waals surface area contributed by atoms with Gasteiger partial charge in [0.15, 0.2) is 4.47 Å². The van der Waals surface area contributed by atoms with Gasteiger partial charge in [-0.1, -0.05) is 11.6 Å². The molecular weight excluding hydrogens is 260 g/mol. The topological polar surface area (TPSA) is 52.2 Å². The Kier molecular flexibility index (Phi) is 2.45. The summed E-state index contributed by atoms with van der Waals surface area (Å²) in [5.41, 5.74) is 0.484. The monoisotopic (exact) mass is 266 g/mol. The molecule has 0 fully saturated rings. The summed E-state index contributed by atoms with van der Waals surface area (Å²) in [4.78, 5) is 16.9. The number of nitrogens with zero attached hydrogens (tertiary/aromatic N) is 4. The number of aromatic nitrogens is 4. The van der Waals surface area contributed by atoms with E-state index in [-0.39, 0.29) is 5.56 Å². The fraction of sp³-hybridized carbons (Fsp3) is 0.100. The molecule has 3 aromatic rings. The summed E-state index contributed by atoms with van der Waals surface area (Å²) in [6, 6.07) is 1.69. The highest BCUT2D eigenvalue weighted by molar-refractivity contribution is 7.15. The van der Waals surface area contributed by atoms with E-state index in [0.717, 1.165) is 4.88 Å². The molecule has 3 rings (SSSR count). The summed E-state index contributed by atoms with van der Waals surface area (Å²) < 4.78 is 3.65. The fourth-order valence-corrected chi connectivity index (χ4v) is 2.59. The predicted molar refractivity (Wildman–Crippen MR) is 65.7 cm³/mol. The molecule has 0 aromatic carbocycles. The lowest BCUT2D eigenvalue weighted by atomic mass is 10.4. The van der Waals surface area contributed by atoms with E-state index < -0.39 is 0 Å². The van der Waals surface area contributed by atoms with Gasteiger partial charge >= 0.3 is 0 Å². The minimum atomic E-state index is -0.0745. The lowest BCUT2D eigenvalue weighted by Crippen LogP contribution is -2.21. The van der Waals surface area contributed by atoms with Crippen molar-refractivity contribution < 1.29 is 0 Å². The summed E-state index contributed by atoms with van der Waals surface area (Å²) in [7, 11) is 0. The van der Waals surface area contributed by atoms with E-state index >= 15 is 0 Å². The molecule has 7 heteroatoms. The molecule has 0 saturated carbocycles. The van der Waals surface area contributed by atoms with Crippen LogP contribution in [0.5, 0.6) is 0 Å². The van der Waals surface area contributed by atoms with Crippen LogP contribution in [-0.2, 0) is 6.54 Å². The summed E-state index contributed by atoms with van der Waals surface area (Å²) in [6.07, 6.45) is 6.74. The predicted octanol–water partition coefficient (Wildman–Crippen LogP) is 1.65. The van der Waals surface area contributed by atoms with E-state index in [1.807, 2.05) is 0 Å². The van der Waals surface area contributed by atoms with Crippen molar-refractivity contribution in [1.29, 1.82) is 0 Å². The van der Waals surface area contributed by atoms with Crippen LogP contribution in [0.25, 0.3) is 5.52 Å². The minimum Gasteiger partial charge on any atom is -0.307 e. The zero-order chi connectivity index (χ0) is 11.8. The van der Waals surface area contributed by atoms with Gasteiger partial charge in [0.05, 0.1) is 12.7 Å². The molecule has 0 unspecified atom stereocenters.